The molecule has 0 atom stereocenters. The van der Waals surface area contributed by atoms with Gasteiger partial charge in [-0.15, -0.1) is 0 Å². The van der Waals surface area contributed by atoms with Crippen molar-refractivity contribution < 1.29 is 4.74 Å². The third-order valence-electron chi connectivity index (χ3n) is 2.12. The van der Waals surface area contributed by atoms with E-state index in [1.165, 1.54) is 0 Å². The van der Waals surface area contributed by atoms with Crippen LogP contribution < -0.4 is 10.5 Å². The molecule has 1 aromatic rings. The second-order valence-corrected chi connectivity index (χ2v) is 3.22. The fraction of sp³-hybridized carbons (Fsp3) is 0.167. The Labute approximate surface area is 83.7 Å². The van der Waals surface area contributed by atoms with Gasteiger partial charge >= 0.3 is 0 Å². The molecule has 1 aliphatic rings. The highest BCUT2D eigenvalue weighted by Crippen LogP contribution is 2.19. The van der Waals surface area contributed by atoms with Crippen molar-refractivity contribution in [1.82, 2.24) is 0 Å². The summed E-state index contributed by atoms with van der Waals surface area (Å²) in [4.78, 5) is 0. The molecule has 0 bridgehead atoms. The molecule has 0 spiro atoms. The fourth-order valence-electron chi connectivity index (χ4n) is 1.39. The standard InChI is InChI=1S/C12H13NO/c13-11-8-4-5-9-12(11)14-10-6-2-1-3-7-10/h1-3,6-9H,4-5,13H2. The zero-order valence-corrected chi connectivity index (χ0v) is 7.94. The Balaban J connectivity index is 2.12. The normalized spacial score (nSPS) is 15.7. The number of hydrogen-bond donors (Lipinski definition) is 1. The van der Waals surface area contributed by atoms with E-state index in [1.54, 1.807) is 0 Å². The van der Waals surface area contributed by atoms with E-state index in [-0.39, 0.29) is 0 Å². The third kappa shape index (κ3) is 1.96. The molecule has 1 aliphatic carbocycles. The molecular formula is C12H13NO. The van der Waals surface area contributed by atoms with Gasteiger partial charge < -0.3 is 10.5 Å². The molecule has 14 heavy (non-hydrogen) atoms. The van der Waals surface area contributed by atoms with E-state index >= 15 is 0 Å². The Bertz CT molecular complexity index is 365. The molecule has 0 radical (unpaired) electrons. The second-order valence-electron chi connectivity index (χ2n) is 3.22. The molecule has 2 N–H and O–H groups in total. The van der Waals surface area contributed by atoms with E-state index in [4.69, 9.17) is 10.5 Å². The summed E-state index contributed by atoms with van der Waals surface area (Å²) < 4.78 is 5.64. The van der Waals surface area contributed by atoms with E-state index in [1.807, 2.05) is 42.5 Å². The van der Waals surface area contributed by atoms with Crippen LogP contribution in [0.1, 0.15) is 12.8 Å². The summed E-state index contributed by atoms with van der Waals surface area (Å²) in [7, 11) is 0. The summed E-state index contributed by atoms with van der Waals surface area (Å²) in [6, 6.07) is 9.68. The Morgan fingerprint density at radius 1 is 1.00 bits per heavy atom. The highest BCUT2D eigenvalue weighted by Gasteiger charge is 2.06. The van der Waals surface area contributed by atoms with Crippen molar-refractivity contribution >= 4 is 0 Å². The minimum Gasteiger partial charge on any atom is -0.456 e. The van der Waals surface area contributed by atoms with Crippen LogP contribution in [0.4, 0.5) is 0 Å². The van der Waals surface area contributed by atoms with Gasteiger partial charge in [0.15, 0.2) is 0 Å². The minimum absolute atomic E-state index is 0.736. The lowest BCUT2D eigenvalue weighted by molar-refractivity contribution is 0.429. The number of rotatable bonds is 2. The number of benzene rings is 1. The first-order valence-corrected chi connectivity index (χ1v) is 4.75. The topological polar surface area (TPSA) is 35.2 Å². The van der Waals surface area contributed by atoms with Gasteiger partial charge in [0.25, 0.3) is 0 Å². The molecule has 0 unspecified atom stereocenters. The monoisotopic (exact) mass is 187 g/mol. The van der Waals surface area contributed by atoms with E-state index < -0.39 is 0 Å². The molecule has 2 rings (SSSR count). The Morgan fingerprint density at radius 3 is 2.43 bits per heavy atom. The van der Waals surface area contributed by atoms with E-state index in [2.05, 4.69) is 0 Å². The van der Waals surface area contributed by atoms with E-state index in [0.717, 1.165) is 30.0 Å². The number of allylic oxidation sites excluding steroid dienone is 2. The zero-order chi connectivity index (χ0) is 9.80. The van der Waals surface area contributed by atoms with Gasteiger partial charge in [-0.1, -0.05) is 24.3 Å². The van der Waals surface area contributed by atoms with Crippen molar-refractivity contribution in [3.63, 3.8) is 0 Å². The Morgan fingerprint density at radius 2 is 1.71 bits per heavy atom. The molecule has 0 saturated heterocycles. The minimum atomic E-state index is 0.736. The van der Waals surface area contributed by atoms with Gasteiger partial charge in [-0.25, -0.2) is 0 Å². The first-order chi connectivity index (χ1) is 6.86. The molecule has 0 aliphatic heterocycles. The molecule has 1 aromatic carbocycles. The average molecular weight is 187 g/mol. The van der Waals surface area contributed by atoms with Crippen LogP contribution in [0.5, 0.6) is 5.75 Å². The highest BCUT2D eigenvalue weighted by molar-refractivity contribution is 5.32. The predicted molar refractivity (Wildman–Crippen MR) is 56.7 cm³/mol. The van der Waals surface area contributed by atoms with E-state index in [0.29, 0.717) is 0 Å². The largest absolute Gasteiger partial charge is 0.456 e. The first-order valence-electron chi connectivity index (χ1n) is 4.75. The lowest BCUT2D eigenvalue weighted by Gasteiger charge is -2.13. The smallest absolute Gasteiger partial charge is 0.146 e. The van der Waals surface area contributed by atoms with Crippen LogP contribution in [0, 0.1) is 0 Å². The summed E-state index contributed by atoms with van der Waals surface area (Å²) in [5, 5.41) is 0. The molecule has 0 aromatic heterocycles. The molecule has 72 valence electrons. The number of nitrogens with two attached hydrogens (primary N) is 1. The van der Waals surface area contributed by atoms with Crippen molar-refractivity contribution in [2.45, 2.75) is 12.8 Å². The van der Waals surface area contributed by atoms with Gasteiger partial charge in [0.1, 0.15) is 11.5 Å². The molecule has 0 fully saturated rings. The predicted octanol–water partition coefficient (Wildman–Crippen LogP) is 2.59. The van der Waals surface area contributed by atoms with Gasteiger partial charge in [-0.3, -0.25) is 0 Å². The lowest BCUT2D eigenvalue weighted by Crippen LogP contribution is -2.09. The van der Waals surface area contributed by atoms with Crippen LogP contribution in [-0.2, 0) is 0 Å². The number of para-hydroxylation sites is 1. The summed E-state index contributed by atoms with van der Waals surface area (Å²) >= 11 is 0. The number of hydrogen-bond acceptors (Lipinski definition) is 2. The van der Waals surface area contributed by atoms with Crippen molar-refractivity contribution in [2.24, 2.45) is 5.73 Å². The maximum Gasteiger partial charge on any atom is 0.146 e. The quantitative estimate of drug-likeness (QED) is 0.772. The lowest BCUT2D eigenvalue weighted by atomic mass is 10.1. The first kappa shape index (κ1) is 8.88. The number of ether oxygens (including phenoxy) is 1. The van der Waals surface area contributed by atoms with Crippen LogP contribution >= 0.6 is 0 Å². The average Bonchev–Trinajstić information content (AvgIpc) is 2.23. The van der Waals surface area contributed by atoms with Crippen molar-refractivity contribution in [1.29, 1.82) is 0 Å². The molecular weight excluding hydrogens is 174 g/mol. The van der Waals surface area contributed by atoms with Crippen LogP contribution in [0.25, 0.3) is 0 Å². The van der Waals surface area contributed by atoms with Crippen LogP contribution in [-0.4, -0.2) is 0 Å². The van der Waals surface area contributed by atoms with Crippen molar-refractivity contribution in [3.8, 4) is 5.75 Å². The van der Waals surface area contributed by atoms with Gasteiger partial charge in [-0.2, -0.15) is 0 Å². The van der Waals surface area contributed by atoms with Crippen molar-refractivity contribution in [3.05, 3.63) is 53.9 Å². The molecule has 2 nitrogen and oxygen atoms in total. The highest BCUT2D eigenvalue weighted by atomic mass is 16.5. The van der Waals surface area contributed by atoms with Crippen LogP contribution in [0.2, 0.25) is 0 Å². The second kappa shape index (κ2) is 4.01. The zero-order valence-electron chi connectivity index (χ0n) is 7.94. The summed E-state index contributed by atoms with van der Waals surface area (Å²) in [5.41, 5.74) is 6.53. The van der Waals surface area contributed by atoms with Crippen LogP contribution in [0.3, 0.4) is 0 Å². The van der Waals surface area contributed by atoms with Gasteiger partial charge in [-0.05, 0) is 31.1 Å². The van der Waals surface area contributed by atoms with E-state index in [9.17, 15) is 0 Å². The summed E-state index contributed by atoms with van der Waals surface area (Å²) in [5.74, 6) is 1.61. The molecule has 2 heteroatoms. The maximum absolute atomic E-state index is 5.79. The third-order valence-corrected chi connectivity index (χ3v) is 2.12. The Hall–Kier alpha value is -1.70. The fourth-order valence-corrected chi connectivity index (χ4v) is 1.39. The van der Waals surface area contributed by atoms with Crippen molar-refractivity contribution in [2.75, 3.05) is 0 Å². The van der Waals surface area contributed by atoms with Gasteiger partial charge in [0.05, 0.1) is 5.70 Å². The Kier molecular flexibility index (Phi) is 2.54. The molecule has 0 saturated carbocycles. The maximum atomic E-state index is 5.79. The molecule has 0 amide bonds. The van der Waals surface area contributed by atoms with Crippen LogP contribution in [0.15, 0.2) is 53.9 Å². The van der Waals surface area contributed by atoms with Gasteiger partial charge in [0, 0.05) is 0 Å². The molecule has 0 heterocycles. The van der Waals surface area contributed by atoms with Gasteiger partial charge in [0.2, 0.25) is 0 Å². The SMILES string of the molecule is NC1=CCCC=C1Oc1ccccc1. The summed E-state index contributed by atoms with van der Waals surface area (Å²) in [6.45, 7) is 0. The summed E-state index contributed by atoms with van der Waals surface area (Å²) in [6.07, 6.45) is 6.04.